The summed E-state index contributed by atoms with van der Waals surface area (Å²) >= 11 is 6.26. The summed E-state index contributed by atoms with van der Waals surface area (Å²) < 4.78 is 1.49. The Morgan fingerprint density at radius 3 is 2.72 bits per heavy atom. The Bertz CT molecular complexity index is 872. The van der Waals surface area contributed by atoms with E-state index in [1.54, 1.807) is 11.9 Å². The van der Waals surface area contributed by atoms with E-state index in [0.717, 1.165) is 11.1 Å². The lowest BCUT2D eigenvalue weighted by Gasteiger charge is -2.11. The highest BCUT2D eigenvalue weighted by Crippen LogP contribution is 2.27. The van der Waals surface area contributed by atoms with Crippen LogP contribution in [0.4, 0.5) is 5.69 Å². The maximum atomic E-state index is 12.6. The second-order valence-electron chi connectivity index (χ2n) is 5.92. The first-order valence-corrected chi connectivity index (χ1v) is 8.38. The molecule has 3 rings (SSSR count). The summed E-state index contributed by atoms with van der Waals surface area (Å²) in [6, 6.07) is 5.63. The number of carbonyl (C=O) groups excluding carboxylic acids is 2. The van der Waals surface area contributed by atoms with Gasteiger partial charge in [-0.1, -0.05) is 31.2 Å². The topological polar surface area (TPSA) is 67.2 Å². The molecule has 6 nitrogen and oxygen atoms in total. The van der Waals surface area contributed by atoms with Crippen LogP contribution in [0.15, 0.2) is 30.9 Å². The van der Waals surface area contributed by atoms with E-state index >= 15 is 0 Å². The maximum Gasteiger partial charge on any atom is 0.275 e. The molecule has 0 unspecified atom stereocenters. The highest BCUT2D eigenvalue weighted by molar-refractivity contribution is 6.34. The zero-order valence-corrected chi connectivity index (χ0v) is 14.9. The van der Waals surface area contributed by atoms with E-state index in [0.29, 0.717) is 41.6 Å². The molecule has 0 saturated heterocycles. The molecule has 2 aromatic rings. The Kier molecular flexibility index (Phi) is 4.63. The van der Waals surface area contributed by atoms with E-state index < -0.39 is 0 Å². The Hall–Kier alpha value is -2.60. The van der Waals surface area contributed by atoms with Crippen molar-refractivity contribution in [2.45, 2.75) is 26.4 Å². The molecule has 2 amide bonds. The fraction of sp³-hybridized carbons (Fsp3) is 0.278. The van der Waals surface area contributed by atoms with Crippen molar-refractivity contribution < 1.29 is 9.59 Å². The maximum absolute atomic E-state index is 12.6. The highest BCUT2D eigenvalue weighted by Gasteiger charge is 2.23. The van der Waals surface area contributed by atoms with Crippen molar-refractivity contribution in [2.24, 2.45) is 7.05 Å². The second kappa shape index (κ2) is 6.72. The van der Waals surface area contributed by atoms with E-state index in [9.17, 15) is 9.59 Å². The minimum atomic E-state index is -0.309. The highest BCUT2D eigenvalue weighted by atomic mass is 35.5. The molecule has 1 aliphatic heterocycles. The third-order valence-corrected chi connectivity index (χ3v) is 4.68. The molecule has 0 bridgehead atoms. The van der Waals surface area contributed by atoms with Gasteiger partial charge in [-0.25, -0.2) is 0 Å². The van der Waals surface area contributed by atoms with Crippen LogP contribution in [0.5, 0.6) is 0 Å². The molecule has 1 aliphatic rings. The van der Waals surface area contributed by atoms with Crippen LogP contribution in [0, 0.1) is 0 Å². The molecule has 0 fully saturated rings. The van der Waals surface area contributed by atoms with Gasteiger partial charge in [0.1, 0.15) is 5.69 Å². The summed E-state index contributed by atoms with van der Waals surface area (Å²) in [5.41, 5.74) is 3.77. The summed E-state index contributed by atoms with van der Waals surface area (Å²) in [6.07, 6.45) is 1.97. The average molecular weight is 359 g/mol. The number of rotatable bonds is 4. The lowest BCUT2D eigenvalue weighted by atomic mass is 10.1. The number of aryl methyl sites for hydroxylation is 2. The van der Waals surface area contributed by atoms with Crippen LogP contribution in [-0.2, 0) is 31.4 Å². The Morgan fingerprint density at radius 1 is 1.36 bits per heavy atom. The predicted octanol–water partition coefficient (Wildman–Crippen LogP) is 2.92. The van der Waals surface area contributed by atoms with E-state index in [1.807, 2.05) is 25.1 Å². The van der Waals surface area contributed by atoms with Gasteiger partial charge in [0.15, 0.2) is 0 Å². The van der Waals surface area contributed by atoms with Gasteiger partial charge in [0.2, 0.25) is 5.91 Å². The van der Waals surface area contributed by atoms with Crippen molar-refractivity contribution in [1.29, 1.82) is 0 Å². The average Bonchev–Trinajstić information content (AvgIpc) is 3.14. The fourth-order valence-electron chi connectivity index (χ4n) is 2.97. The molecule has 1 aromatic carbocycles. The number of aromatic nitrogens is 2. The van der Waals surface area contributed by atoms with E-state index in [2.05, 4.69) is 17.0 Å². The molecule has 2 heterocycles. The number of carbonyl (C=O) groups is 2. The molecule has 0 radical (unpaired) electrons. The molecule has 7 heteroatoms. The van der Waals surface area contributed by atoms with Crippen molar-refractivity contribution in [3.63, 3.8) is 0 Å². The second-order valence-corrected chi connectivity index (χ2v) is 6.30. The first-order valence-electron chi connectivity index (χ1n) is 8.00. The zero-order valence-electron chi connectivity index (χ0n) is 14.2. The molecule has 130 valence electrons. The number of hydrogen-bond acceptors (Lipinski definition) is 3. The minimum absolute atomic E-state index is 0.101. The Labute approximate surface area is 151 Å². The van der Waals surface area contributed by atoms with Crippen LogP contribution >= 0.6 is 11.6 Å². The summed E-state index contributed by atoms with van der Waals surface area (Å²) in [5, 5.41) is 7.50. The third kappa shape index (κ3) is 3.17. The molecule has 0 atom stereocenters. The van der Waals surface area contributed by atoms with Gasteiger partial charge in [0.05, 0.1) is 10.7 Å². The van der Waals surface area contributed by atoms with Gasteiger partial charge in [-0.05, 0) is 35.8 Å². The summed E-state index contributed by atoms with van der Waals surface area (Å²) in [7, 11) is 1.70. The van der Waals surface area contributed by atoms with Crippen molar-refractivity contribution >= 4 is 29.1 Å². The quantitative estimate of drug-likeness (QED) is 0.854. The van der Waals surface area contributed by atoms with Gasteiger partial charge < -0.3 is 10.2 Å². The Balaban J connectivity index is 1.80. The largest absolute Gasteiger partial charge is 0.331 e. The molecule has 1 N–H and O–H groups in total. The van der Waals surface area contributed by atoms with Gasteiger partial charge in [0.25, 0.3) is 5.91 Å². The van der Waals surface area contributed by atoms with Crippen LogP contribution < -0.4 is 5.32 Å². The normalized spacial score (nSPS) is 12.8. The van der Waals surface area contributed by atoms with Crippen LogP contribution in [-0.4, -0.2) is 26.5 Å². The van der Waals surface area contributed by atoms with Crippen LogP contribution in [0.3, 0.4) is 0 Å². The van der Waals surface area contributed by atoms with Gasteiger partial charge >= 0.3 is 0 Å². The summed E-state index contributed by atoms with van der Waals surface area (Å²) in [6.45, 7) is 6.52. The van der Waals surface area contributed by atoms with Crippen LogP contribution in [0.25, 0.3) is 0 Å². The number of nitrogens with zero attached hydrogens (tertiary/aromatic N) is 3. The van der Waals surface area contributed by atoms with E-state index in [1.165, 1.54) is 10.8 Å². The summed E-state index contributed by atoms with van der Waals surface area (Å²) in [4.78, 5) is 26.0. The number of fused-ring (bicyclic) bond motifs is 1. The first-order chi connectivity index (χ1) is 11.9. The number of benzene rings is 1. The number of anilines is 1. The first kappa shape index (κ1) is 17.2. The third-order valence-electron chi connectivity index (χ3n) is 4.28. The minimum Gasteiger partial charge on any atom is -0.331 e. The van der Waals surface area contributed by atoms with Crippen molar-refractivity contribution in [2.75, 3.05) is 5.32 Å². The van der Waals surface area contributed by atoms with Crippen molar-refractivity contribution in [1.82, 2.24) is 14.7 Å². The van der Waals surface area contributed by atoms with E-state index in [4.69, 9.17) is 11.6 Å². The van der Waals surface area contributed by atoms with Crippen LogP contribution in [0.1, 0.15) is 34.2 Å². The predicted molar refractivity (Wildman–Crippen MR) is 96.4 cm³/mol. The molecule has 1 aromatic heterocycles. The number of halogens is 1. The number of amides is 2. The lowest BCUT2D eigenvalue weighted by molar-refractivity contribution is -0.126. The zero-order chi connectivity index (χ0) is 18.1. The fourth-order valence-corrected chi connectivity index (χ4v) is 3.35. The monoisotopic (exact) mass is 358 g/mol. The smallest absolute Gasteiger partial charge is 0.275 e. The van der Waals surface area contributed by atoms with Crippen molar-refractivity contribution in [3.8, 4) is 0 Å². The van der Waals surface area contributed by atoms with Crippen molar-refractivity contribution in [3.05, 3.63) is 58.4 Å². The SMILES string of the molecule is C=CC(=O)N1Cc2ccc(NC(=O)c3c(Cl)c(CC)nn3C)cc2C1. The number of nitrogens with one attached hydrogen (secondary N) is 1. The van der Waals surface area contributed by atoms with Gasteiger partial charge in [-0.15, -0.1) is 0 Å². The molecular weight excluding hydrogens is 340 g/mol. The standard InChI is InChI=1S/C18H19ClN4O2/c1-4-14-16(19)17(22(3)21-14)18(25)20-13-7-6-11-9-23(15(24)5-2)10-12(11)8-13/h5-8H,2,4,9-10H2,1,3H3,(H,20,25). The molecule has 0 saturated carbocycles. The molecular formula is C18H19ClN4O2. The van der Waals surface area contributed by atoms with Gasteiger partial charge in [-0.3, -0.25) is 14.3 Å². The molecule has 0 spiro atoms. The molecule has 0 aliphatic carbocycles. The summed E-state index contributed by atoms with van der Waals surface area (Å²) in [5.74, 6) is -0.410. The van der Waals surface area contributed by atoms with Gasteiger partial charge in [0, 0.05) is 25.8 Å². The van der Waals surface area contributed by atoms with E-state index in [-0.39, 0.29) is 11.8 Å². The lowest BCUT2D eigenvalue weighted by Crippen LogP contribution is -2.22. The number of hydrogen-bond donors (Lipinski definition) is 1. The molecule has 25 heavy (non-hydrogen) atoms. The van der Waals surface area contributed by atoms with Gasteiger partial charge in [-0.2, -0.15) is 5.10 Å². The van der Waals surface area contributed by atoms with Crippen LogP contribution in [0.2, 0.25) is 5.02 Å². The Morgan fingerprint density at radius 2 is 2.08 bits per heavy atom.